The maximum Gasteiger partial charge on any atom is 0.132 e. The number of hydrogen-bond donors (Lipinski definition) is 0. The van der Waals surface area contributed by atoms with Crippen molar-refractivity contribution in [2.75, 3.05) is 57.4 Å². The summed E-state index contributed by atoms with van der Waals surface area (Å²) in [5, 5.41) is 0. The van der Waals surface area contributed by atoms with E-state index in [4.69, 9.17) is 9.47 Å². The molecule has 0 saturated carbocycles. The summed E-state index contributed by atoms with van der Waals surface area (Å²) in [7, 11) is 0. The number of rotatable bonds is 4. The molecule has 2 saturated heterocycles. The number of anilines is 1. The van der Waals surface area contributed by atoms with Crippen molar-refractivity contribution in [1.82, 2.24) is 14.9 Å². The van der Waals surface area contributed by atoms with E-state index in [1.807, 2.05) is 18.2 Å². The molecule has 0 aliphatic carbocycles. The molecule has 1 aromatic heterocycles. The van der Waals surface area contributed by atoms with Crippen LogP contribution in [0.3, 0.4) is 0 Å². The van der Waals surface area contributed by atoms with Crippen LogP contribution in [0, 0.1) is 0 Å². The molecule has 1 aromatic carbocycles. The van der Waals surface area contributed by atoms with Gasteiger partial charge in [-0.3, -0.25) is 4.90 Å². The van der Waals surface area contributed by atoms with Crippen LogP contribution < -0.4 is 4.90 Å². The second-order valence-corrected chi connectivity index (χ2v) is 6.48. The first-order valence-corrected chi connectivity index (χ1v) is 8.92. The van der Waals surface area contributed by atoms with Crippen LogP contribution in [0.5, 0.6) is 0 Å². The molecule has 2 aliphatic heterocycles. The molecule has 0 N–H and O–H groups in total. The van der Waals surface area contributed by atoms with Gasteiger partial charge in [0.05, 0.1) is 31.6 Å². The van der Waals surface area contributed by atoms with E-state index in [9.17, 15) is 0 Å². The summed E-state index contributed by atoms with van der Waals surface area (Å²) >= 11 is 0. The minimum absolute atomic E-state index is 0.210. The van der Waals surface area contributed by atoms with Crippen LogP contribution in [0.4, 0.5) is 5.82 Å². The zero-order valence-corrected chi connectivity index (χ0v) is 14.4. The molecule has 1 unspecified atom stereocenters. The number of hydrogen-bond acceptors (Lipinski definition) is 6. The predicted molar refractivity (Wildman–Crippen MR) is 96.7 cm³/mol. The van der Waals surface area contributed by atoms with Crippen LogP contribution in [0.25, 0.3) is 11.3 Å². The van der Waals surface area contributed by atoms with Gasteiger partial charge in [-0.15, -0.1) is 0 Å². The van der Waals surface area contributed by atoms with E-state index in [2.05, 4.69) is 38.0 Å². The lowest BCUT2D eigenvalue weighted by molar-refractivity contribution is -0.0172. The minimum Gasteiger partial charge on any atom is -0.379 e. The molecule has 0 bridgehead atoms. The lowest BCUT2D eigenvalue weighted by Crippen LogP contribution is -2.50. The summed E-state index contributed by atoms with van der Waals surface area (Å²) in [5.41, 5.74) is 2.08. The van der Waals surface area contributed by atoms with Gasteiger partial charge in [-0.05, 0) is 0 Å². The van der Waals surface area contributed by atoms with Crippen LogP contribution >= 0.6 is 0 Å². The molecule has 3 heterocycles. The standard InChI is InChI=1S/C19H24N4O2/c1-2-4-16(5-3-1)18-12-19(21-15-20-18)23-8-11-25-17(14-23)13-22-6-9-24-10-7-22/h1-5,12,15,17H,6-11,13-14H2. The molecule has 6 nitrogen and oxygen atoms in total. The van der Waals surface area contributed by atoms with Gasteiger partial charge in [-0.2, -0.15) is 0 Å². The van der Waals surface area contributed by atoms with Crippen molar-refractivity contribution in [3.8, 4) is 11.3 Å². The summed E-state index contributed by atoms with van der Waals surface area (Å²) in [5.74, 6) is 0.976. The molecule has 6 heteroatoms. The van der Waals surface area contributed by atoms with Gasteiger partial charge in [0.15, 0.2) is 0 Å². The van der Waals surface area contributed by atoms with Crippen molar-refractivity contribution < 1.29 is 9.47 Å². The first-order chi connectivity index (χ1) is 12.4. The first-order valence-electron chi connectivity index (χ1n) is 8.92. The summed E-state index contributed by atoms with van der Waals surface area (Å²) in [6.45, 7) is 7.05. The summed E-state index contributed by atoms with van der Waals surface area (Å²) in [6, 6.07) is 12.3. The summed E-state index contributed by atoms with van der Waals surface area (Å²) in [4.78, 5) is 13.7. The van der Waals surface area contributed by atoms with Crippen molar-refractivity contribution in [2.24, 2.45) is 0 Å². The second kappa shape index (κ2) is 7.91. The Morgan fingerprint density at radius 3 is 2.68 bits per heavy atom. The lowest BCUT2D eigenvalue weighted by Gasteiger charge is -2.37. The van der Waals surface area contributed by atoms with Crippen molar-refractivity contribution in [2.45, 2.75) is 6.10 Å². The highest BCUT2D eigenvalue weighted by Gasteiger charge is 2.24. The highest BCUT2D eigenvalue weighted by Crippen LogP contribution is 2.22. The molecule has 0 radical (unpaired) electrons. The van der Waals surface area contributed by atoms with E-state index in [0.717, 1.165) is 69.6 Å². The van der Waals surface area contributed by atoms with Gasteiger partial charge < -0.3 is 14.4 Å². The number of ether oxygens (including phenoxy) is 2. The normalized spacial score (nSPS) is 22.1. The Morgan fingerprint density at radius 1 is 1.00 bits per heavy atom. The summed E-state index contributed by atoms with van der Waals surface area (Å²) < 4.78 is 11.4. The third-order valence-corrected chi connectivity index (χ3v) is 4.75. The highest BCUT2D eigenvalue weighted by molar-refractivity contribution is 5.62. The Morgan fingerprint density at radius 2 is 1.84 bits per heavy atom. The molecule has 4 rings (SSSR count). The number of aromatic nitrogens is 2. The van der Waals surface area contributed by atoms with E-state index >= 15 is 0 Å². The fraction of sp³-hybridized carbons (Fsp3) is 0.474. The van der Waals surface area contributed by atoms with Crippen molar-refractivity contribution in [3.05, 3.63) is 42.7 Å². The topological polar surface area (TPSA) is 50.7 Å². The van der Waals surface area contributed by atoms with Crippen LogP contribution in [0.15, 0.2) is 42.7 Å². The maximum absolute atomic E-state index is 5.98. The number of benzene rings is 1. The molecular formula is C19H24N4O2. The quantitative estimate of drug-likeness (QED) is 0.844. The van der Waals surface area contributed by atoms with E-state index in [1.54, 1.807) is 6.33 Å². The third-order valence-electron chi connectivity index (χ3n) is 4.75. The molecule has 2 fully saturated rings. The Bertz CT molecular complexity index is 676. The van der Waals surface area contributed by atoms with Gasteiger partial charge in [0.25, 0.3) is 0 Å². The minimum atomic E-state index is 0.210. The Labute approximate surface area is 148 Å². The molecule has 0 spiro atoms. The fourth-order valence-electron chi connectivity index (χ4n) is 3.40. The van der Waals surface area contributed by atoms with Crippen LogP contribution in [-0.2, 0) is 9.47 Å². The van der Waals surface area contributed by atoms with E-state index in [0.29, 0.717) is 0 Å². The Kier molecular flexibility index (Phi) is 5.20. The third kappa shape index (κ3) is 4.15. The van der Waals surface area contributed by atoms with Gasteiger partial charge in [0.1, 0.15) is 12.1 Å². The molecule has 132 valence electrons. The lowest BCUT2D eigenvalue weighted by atomic mass is 10.1. The second-order valence-electron chi connectivity index (χ2n) is 6.48. The van der Waals surface area contributed by atoms with Gasteiger partial charge in [0.2, 0.25) is 0 Å². The zero-order valence-electron chi connectivity index (χ0n) is 14.4. The first kappa shape index (κ1) is 16.4. The molecule has 1 atom stereocenters. The SMILES string of the molecule is c1ccc(-c2cc(N3CCOC(CN4CCOCC4)C3)ncn2)cc1. The highest BCUT2D eigenvalue weighted by atomic mass is 16.5. The molecule has 0 amide bonds. The molecular weight excluding hydrogens is 316 g/mol. The predicted octanol–water partition coefficient (Wildman–Crippen LogP) is 1.68. The average molecular weight is 340 g/mol. The Balaban J connectivity index is 1.44. The largest absolute Gasteiger partial charge is 0.379 e. The van der Waals surface area contributed by atoms with Crippen LogP contribution in [0.1, 0.15) is 0 Å². The number of morpholine rings is 2. The van der Waals surface area contributed by atoms with Gasteiger partial charge >= 0.3 is 0 Å². The smallest absolute Gasteiger partial charge is 0.132 e. The van der Waals surface area contributed by atoms with Gasteiger partial charge in [-0.1, -0.05) is 30.3 Å². The van der Waals surface area contributed by atoms with E-state index in [-0.39, 0.29) is 6.10 Å². The maximum atomic E-state index is 5.98. The number of nitrogens with zero attached hydrogens (tertiary/aromatic N) is 4. The van der Waals surface area contributed by atoms with Crippen molar-refractivity contribution in [3.63, 3.8) is 0 Å². The zero-order chi connectivity index (χ0) is 16.9. The van der Waals surface area contributed by atoms with E-state index in [1.165, 1.54) is 0 Å². The average Bonchev–Trinajstić information content (AvgIpc) is 2.70. The van der Waals surface area contributed by atoms with Gasteiger partial charge in [-0.25, -0.2) is 9.97 Å². The molecule has 2 aromatic rings. The Hall–Kier alpha value is -2.02. The monoisotopic (exact) mass is 340 g/mol. The van der Waals surface area contributed by atoms with Crippen molar-refractivity contribution in [1.29, 1.82) is 0 Å². The fourth-order valence-corrected chi connectivity index (χ4v) is 3.40. The van der Waals surface area contributed by atoms with Gasteiger partial charge in [0, 0.05) is 44.4 Å². The van der Waals surface area contributed by atoms with Crippen LogP contribution in [0.2, 0.25) is 0 Å². The molecule has 25 heavy (non-hydrogen) atoms. The summed E-state index contributed by atoms with van der Waals surface area (Å²) in [6.07, 6.45) is 1.87. The molecule has 2 aliphatic rings. The van der Waals surface area contributed by atoms with Crippen LogP contribution in [-0.4, -0.2) is 73.5 Å². The van der Waals surface area contributed by atoms with E-state index < -0.39 is 0 Å². The van der Waals surface area contributed by atoms with Crippen molar-refractivity contribution >= 4 is 5.82 Å².